The van der Waals surface area contributed by atoms with Gasteiger partial charge in [0.15, 0.2) is 0 Å². The summed E-state index contributed by atoms with van der Waals surface area (Å²) in [5.41, 5.74) is 3.23. The first-order valence-electron chi connectivity index (χ1n) is 6.97. The fourth-order valence-corrected chi connectivity index (χ4v) is 1.87. The van der Waals surface area contributed by atoms with E-state index in [-0.39, 0.29) is 11.7 Å². The van der Waals surface area contributed by atoms with Crippen molar-refractivity contribution >= 4 is 17.3 Å². The monoisotopic (exact) mass is 286 g/mol. The molecular weight excluding hydrogens is 267 g/mol. The summed E-state index contributed by atoms with van der Waals surface area (Å²) in [4.78, 5) is 11.3. The Morgan fingerprint density at radius 2 is 1.76 bits per heavy atom. The van der Waals surface area contributed by atoms with Crippen molar-refractivity contribution in [3.05, 3.63) is 59.4 Å². The quantitative estimate of drug-likeness (QED) is 0.869. The summed E-state index contributed by atoms with van der Waals surface area (Å²) >= 11 is 0. The van der Waals surface area contributed by atoms with Gasteiger partial charge in [-0.05, 0) is 48.4 Å². The third kappa shape index (κ3) is 4.31. The fraction of sp³-hybridized carbons (Fsp3) is 0.235. The number of carbonyl (C=O) groups excluding carboxylic acids is 1. The van der Waals surface area contributed by atoms with E-state index in [1.54, 1.807) is 13.0 Å². The Morgan fingerprint density at radius 3 is 2.38 bits per heavy atom. The van der Waals surface area contributed by atoms with Crippen molar-refractivity contribution in [1.29, 1.82) is 0 Å². The number of aryl methyl sites for hydroxylation is 1. The molecule has 4 heteroatoms. The lowest BCUT2D eigenvalue weighted by Crippen LogP contribution is -2.09. The predicted octanol–water partition coefficient (Wildman–Crippen LogP) is 4.09. The normalized spacial score (nSPS) is 10.2. The number of hydrogen-bond acceptors (Lipinski definition) is 2. The van der Waals surface area contributed by atoms with Crippen LogP contribution in [0.2, 0.25) is 0 Å². The average molecular weight is 286 g/mol. The van der Waals surface area contributed by atoms with Crippen LogP contribution in [0.5, 0.6) is 0 Å². The maximum absolute atomic E-state index is 13.4. The molecule has 2 aromatic rings. The van der Waals surface area contributed by atoms with E-state index in [1.807, 2.05) is 37.3 Å². The summed E-state index contributed by atoms with van der Waals surface area (Å²) in [6, 6.07) is 12.7. The molecule has 0 saturated carbocycles. The summed E-state index contributed by atoms with van der Waals surface area (Å²) in [5.74, 6) is -0.197. The minimum absolute atomic E-state index is 0.00848. The molecule has 0 aliphatic rings. The lowest BCUT2D eigenvalue weighted by atomic mass is 10.1. The third-order valence-electron chi connectivity index (χ3n) is 3.22. The van der Waals surface area contributed by atoms with E-state index < -0.39 is 0 Å². The van der Waals surface area contributed by atoms with E-state index in [4.69, 9.17) is 0 Å². The first kappa shape index (κ1) is 15.0. The zero-order valence-electron chi connectivity index (χ0n) is 12.2. The Kier molecular flexibility index (Phi) is 4.93. The Hall–Kier alpha value is -2.36. The number of nitrogens with one attached hydrogen (secondary N) is 2. The first-order valence-corrected chi connectivity index (χ1v) is 6.97. The van der Waals surface area contributed by atoms with Gasteiger partial charge in [-0.25, -0.2) is 4.39 Å². The summed E-state index contributed by atoms with van der Waals surface area (Å²) in [6.07, 6.45) is 0.457. The van der Waals surface area contributed by atoms with Crippen molar-refractivity contribution in [3.63, 3.8) is 0 Å². The van der Waals surface area contributed by atoms with Crippen molar-refractivity contribution in [1.82, 2.24) is 0 Å². The molecule has 0 spiro atoms. The van der Waals surface area contributed by atoms with E-state index >= 15 is 0 Å². The molecule has 2 rings (SSSR count). The Labute approximate surface area is 124 Å². The van der Waals surface area contributed by atoms with Gasteiger partial charge in [0.25, 0.3) is 0 Å². The number of anilines is 2. The average Bonchev–Trinajstić information content (AvgIpc) is 2.50. The molecule has 0 saturated heterocycles. The number of carbonyl (C=O) groups is 1. The molecule has 2 N–H and O–H groups in total. The molecule has 3 nitrogen and oxygen atoms in total. The SMILES string of the molecule is CCC(=O)Nc1ccc(NCc2ccc(C)c(F)c2)cc1. The summed E-state index contributed by atoms with van der Waals surface area (Å²) in [5, 5.41) is 6.01. The maximum Gasteiger partial charge on any atom is 0.224 e. The molecular formula is C17H19FN2O. The molecule has 0 bridgehead atoms. The highest BCUT2D eigenvalue weighted by molar-refractivity contribution is 5.90. The second-order valence-corrected chi connectivity index (χ2v) is 4.92. The topological polar surface area (TPSA) is 41.1 Å². The van der Waals surface area contributed by atoms with Gasteiger partial charge in [0, 0.05) is 24.3 Å². The van der Waals surface area contributed by atoms with E-state index in [1.165, 1.54) is 6.07 Å². The Morgan fingerprint density at radius 1 is 1.10 bits per heavy atom. The van der Waals surface area contributed by atoms with E-state index in [0.717, 1.165) is 16.9 Å². The summed E-state index contributed by atoms with van der Waals surface area (Å²) in [6.45, 7) is 4.11. The van der Waals surface area contributed by atoms with Gasteiger partial charge in [0.1, 0.15) is 5.82 Å². The smallest absolute Gasteiger partial charge is 0.224 e. The van der Waals surface area contributed by atoms with Crippen LogP contribution in [0.1, 0.15) is 24.5 Å². The van der Waals surface area contributed by atoms with Crippen LogP contribution >= 0.6 is 0 Å². The largest absolute Gasteiger partial charge is 0.381 e. The van der Waals surface area contributed by atoms with Crippen LogP contribution in [0.25, 0.3) is 0 Å². The number of rotatable bonds is 5. The molecule has 0 aliphatic heterocycles. The predicted molar refractivity (Wildman–Crippen MR) is 83.8 cm³/mol. The van der Waals surface area contributed by atoms with Crippen LogP contribution in [-0.2, 0) is 11.3 Å². The van der Waals surface area contributed by atoms with Gasteiger partial charge in [-0.1, -0.05) is 19.1 Å². The van der Waals surface area contributed by atoms with Crippen molar-refractivity contribution in [2.45, 2.75) is 26.8 Å². The third-order valence-corrected chi connectivity index (χ3v) is 3.22. The van der Waals surface area contributed by atoms with E-state index in [9.17, 15) is 9.18 Å². The second kappa shape index (κ2) is 6.88. The number of amides is 1. The first-order chi connectivity index (χ1) is 10.1. The molecule has 0 unspecified atom stereocenters. The molecule has 0 radical (unpaired) electrons. The number of halogens is 1. The van der Waals surface area contributed by atoms with Gasteiger partial charge in [0.2, 0.25) is 5.91 Å². The highest BCUT2D eigenvalue weighted by Crippen LogP contribution is 2.16. The molecule has 2 aromatic carbocycles. The maximum atomic E-state index is 13.4. The Bertz CT molecular complexity index is 623. The van der Waals surface area contributed by atoms with Crippen molar-refractivity contribution in [3.8, 4) is 0 Å². The second-order valence-electron chi connectivity index (χ2n) is 4.92. The molecule has 0 fully saturated rings. The molecule has 0 aromatic heterocycles. The lowest BCUT2D eigenvalue weighted by Gasteiger charge is -2.09. The molecule has 110 valence electrons. The van der Waals surface area contributed by atoms with E-state index in [0.29, 0.717) is 18.5 Å². The van der Waals surface area contributed by atoms with Crippen LogP contribution < -0.4 is 10.6 Å². The summed E-state index contributed by atoms with van der Waals surface area (Å²) < 4.78 is 13.4. The minimum atomic E-state index is -0.188. The molecule has 1 amide bonds. The fourth-order valence-electron chi connectivity index (χ4n) is 1.87. The van der Waals surface area contributed by atoms with Gasteiger partial charge in [-0.2, -0.15) is 0 Å². The van der Waals surface area contributed by atoms with Crippen molar-refractivity contribution < 1.29 is 9.18 Å². The highest BCUT2D eigenvalue weighted by atomic mass is 19.1. The van der Waals surface area contributed by atoms with E-state index in [2.05, 4.69) is 10.6 Å². The van der Waals surface area contributed by atoms with Gasteiger partial charge in [-0.15, -0.1) is 0 Å². The zero-order valence-corrected chi connectivity index (χ0v) is 12.2. The molecule has 21 heavy (non-hydrogen) atoms. The van der Waals surface area contributed by atoms with Gasteiger partial charge < -0.3 is 10.6 Å². The van der Waals surface area contributed by atoms with Gasteiger partial charge in [0.05, 0.1) is 0 Å². The van der Waals surface area contributed by atoms with Crippen molar-refractivity contribution in [2.75, 3.05) is 10.6 Å². The lowest BCUT2D eigenvalue weighted by molar-refractivity contribution is -0.115. The number of benzene rings is 2. The van der Waals surface area contributed by atoms with Crippen LogP contribution in [0.3, 0.4) is 0 Å². The van der Waals surface area contributed by atoms with Crippen LogP contribution in [0.15, 0.2) is 42.5 Å². The van der Waals surface area contributed by atoms with Crippen molar-refractivity contribution in [2.24, 2.45) is 0 Å². The minimum Gasteiger partial charge on any atom is -0.381 e. The Balaban J connectivity index is 1.94. The van der Waals surface area contributed by atoms with Crippen LogP contribution in [0, 0.1) is 12.7 Å². The standard InChI is InChI=1S/C17H19FN2O/c1-3-17(21)20-15-8-6-14(7-9-15)19-11-13-5-4-12(2)16(18)10-13/h4-10,19H,3,11H2,1-2H3,(H,20,21). The molecule has 0 heterocycles. The van der Waals surface area contributed by atoms with Crippen LogP contribution in [-0.4, -0.2) is 5.91 Å². The van der Waals surface area contributed by atoms with Gasteiger partial charge >= 0.3 is 0 Å². The van der Waals surface area contributed by atoms with Gasteiger partial charge in [-0.3, -0.25) is 4.79 Å². The summed E-state index contributed by atoms with van der Waals surface area (Å²) in [7, 11) is 0. The zero-order chi connectivity index (χ0) is 15.2. The van der Waals surface area contributed by atoms with Crippen LogP contribution in [0.4, 0.5) is 15.8 Å². The highest BCUT2D eigenvalue weighted by Gasteiger charge is 2.01. The molecule has 0 aliphatic carbocycles. The number of hydrogen-bond donors (Lipinski definition) is 2. The molecule has 0 atom stereocenters.